The second kappa shape index (κ2) is 8.47. The van der Waals surface area contributed by atoms with Crippen molar-refractivity contribution in [2.75, 3.05) is 12.4 Å². The van der Waals surface area contributed by atoms with Crippen molar-refractivity contribution in [3.63, 3.8) is 0 Å². The Kier molecular flexibility index (Phi) is 6.62. The van der Waals surface area contributed by atoms with E-state index in [0.29, 0.717) is 11.0 Å². The SMILES string of the molecule is CCCOc1ccc(C(=O)CSC2CCCCC2)cc1C. The molecule has 1 aromatic rings. The Morgan fingerprint density at radius 2 is 2.05 bits per heavy atom. The summed E-state index contributed by atoms with van der Waals surface area (Å²) < 4.78 is 5.66. The van der Waals surface area contributed by atoms with Gasteiger partial charge in [0.1, 0.15) is 5.75 Å². The third kappa shape index (κ3) is 5.06. The summed E-state index contributed by atoms with van der Waals surface area (Å²) in [7, 11) is 0. The highest BCUT2D eigenvalue weighted by molar-refractivity contribution is 8.00. The number of carbonyl (C=O) groups excluding carboxylic acids is 1. The third-order valence-corrected chi connectivity index (χ3v) is 5.33. The van der Waals surface area contributed by atoms with Gasteiger partial charge in [0, 0.05) is 10.8 Å². The minimum absolute atomic E-state index is 0.246. The van der Waals surface area contributed by atoms with E-state index < -0.39 is 0 Å². The highest BCUT2D eigenvalue weighted by atomic mass is 32.2. The van der Waals surface area contributed by atoms with Crippen LogP contribution < -0.4 is 4.74 Å². The number of benzene rings is 1. The van der Waals surface area contributed by atoms with E-state index in [0.717, 1.165) is 29.9 Å². The molecule has 1 aliphatic carbocycles. The molecule has 116 valence electrons. The maximum Gasteiger partial charge on any atom is 0.172 e. The van der Waals surface area contributed by atoms with Crippen LogP contribution >= 0.6 is 11.8 Å². The molecule has 1 fully saturated rings. The highest BCUT2D eigenvalue weighted by Crippen LogP contribution is 2.29. The summed E-state index contributed by atoms with van der Waals surface area (Å²) in [5.74, 6) is 1.75. The minimum atomic E-state index is 0.246. The average Bonchev–Trinajstić information content (AvgIpc) is 2.52. The van der Waals surface area contributed by atoms with Crippen LogP contribution in [0.4, 0.5) is 0 Å². The van der Waals surface area contributed by atoms with Crippen molar-refractivity contribution in [1.29, 1.82) is 0 Å². The predicted molar refractivity (Wildman–Crippen MR) is 90.6 cm³/mol. The van der Waals surface area contributed by atoms with Crippen LogP contribution in [0.1, 0.15) is 61.4 Å². The van der Waals surface area contributed by atoms with E-state index in [2.05, 4.69) is 6.92 Å². The van der Waals surface area contributed by atoms with Gasteiger partial charge in [-0.2, -0.15) is 11.8 Å². The van der Waals surface area contributed by atoms with E-state index in [1.54, 1.807) is 0 Å². The number of hydrogen-bond acceptors (Lipinski definition) is 3. The molecule has 0 aromatic heterocycles. The normalized spacial score (nSPS) is 15.9. The van der Waals surface area contributed by atoms with E-state index in [4.69, 9.17) is 4.74 Å². The molecule has 0 atom stereocenters. The summed E-state index contributed by atoms with van der Waals surface area (Å²) in [6.07, 6.45) is 7.58. The predicted octanol–water partition coefficient (Wildman–Crippen LogP) is 5.03. The zero-order valence-electron chi connectivity index (χ0n) is 13.2. The Hall–Kier alpha value is -0.960. The number of hydrogen-bond donors (Lipinski definition) is 0. The zero-order chi connectivity index (χ0) is 15.1. The summed E-state index contributed by atoms with van der Waals surface area (Å²) in [5, 5.41) is 0.691. The average molecular weight is 306 g/mol. The maximum absolute atomic E-state index is 12.3. The molecule has 0 heterocycles. The monoisotopic (exact) mass is 306 g/mol. The lowest BCUT2D eigenvalue weighted by molar-refractivity contribution is 0.102. The molecule has 0 aliphatic heterocycles. The molecule has 3 heteroatoms. The number of aryl methyl sites for hydroxylation is 1. The number of carbonyl (C=O) groups is 1. The van der Waals surface area contributed by atoms with Gasteiger partial charge in [0.2, 0.25) is 0 Å². The van der Waals surface area contributed by atoms with Gasteiger partial charge in [0.05, 0.1) is 12.4 Å². The first kappa shape index (κ1) is 16.4. The molecular formula is C18H26O2S. The lowest BCUT2D eigenvalue weighted by atomic mass is 10.0. The Morgan fingerprint density at radius 1 is 1.29 bits per heavy atom. The fourth-order valence-corrected chi connectivity index (χ4v) is 3.93. The van der Waals surface area contributed by atoms with Gasteiger partial charge in [-0.1, -0.05) is 26.2 Å². The summed E-state index contributed by atoms with van der Waals surface area (Å²) >= 11 is 1.84. The molecule has 21 heavy (non-hydrogen) atoms. The summed E-state index contributed by atoms with van der Waals surface area (Å²) in [5.41, 5.74) is 1.87. The van der Waals surface area contributed by atoms with Crippen LogP contribution in [-0.2, 0) is 0 Å². The van der Waals surface area contributed by atoms with Crippen LogP contribution in [0, 0.1) is 6.92 Å². The first-order valence-corrected chi connectivity index (χ1v) is 9.14. The lowest BCUT2D eigenvalue weighted by Gasteiger charge is -2.20. The van der Waals surface area contributed by atoms with Crippen molar-refractivity contribution >= 4 is 17.5 Å². The molecule has 0 N–H and O–H groups in total. The molecular weight excluding hydrogens is 280 g/mol. The molecule has 1 aliphatic rings. The van der Waals surface area contributed by atoms with Crippen molar-refractivity contribution in [2.24, 2.45) is 0 Å². The zero-order valence-corrected chi connectivity index (χ0v) is 14.0. The van der Waals surface area contributed by atoms with E-state index in [1.165, 1.54) is 32.1 Å². The van der Waals surface area contributed by atoms with Crippen LogP contribution in [0.25, 0.3) is 0 Å². The van der Waals surface area contributed by atoms with Crippen molar-refractivity contribution in [3.8, 4) is 5.75 Å². The first-order chi connectivity index (χ1) is 10.2. The van der Waals surface area contributed by atoms with Crippen LogP contribution in [-0.4, -0.2) is 23.4 Å². The van der Waals surface area contributed by atoms with Crippen LogP contribution in [0.15, 0.2) is 18.2 Å². The Bertz CT molecular complexity index is 464. The molecule has 1 saturated carbocycles. The molecule has 0 amide bonds. The van der Waals surface area contributed by atoms with Gasteiger partial charge in [-0.3, -0.25) is 4.79 Å². The van der Waals surface area contributed by atoms with Gasteiger partial charge in [-0.25, -0.2) is 0 Å². The van der Waals surface area contributed by atoms with E-state index in [-0.39, 0.29) is 5.78 Å². The summed E-state index contributed by atoms with van der Waals surface area (Å²) in [6, 6.07) is 5.81. The van der Waals surface area contributed by atoms with Gasteiger partial charge in [-0.15, -0.1) is 0 Å². The topological polar surface area (TPSA) is 26.3 Å². The van der Waals surface area contributed by atoms with E-state index >= 15 is 0 Å². The van der Waals surface area contributed by atoms with Crippen molar-refractivity contribution in [3.05, 3.63) is 29.3 Å². The lowest BCUT2D eigenvalue weighted by Crippen LogP contribution is -2.12. The van der Waals surface area contributed by atoms with Gasteiger partial charge in [0.15, 0.2) is 5.78 Å². The van der Waals surface area contributed by atoms with Crippen molar-refractivity contribution in [1.82, 2.24) is 0 Å². The van der Waals surface area contributed by atoms with Crippen LogP contribution in [0.5, 0.6) is 5.75 Å². The third-order valence-electron chi connectivity index (χ3n) is 3.96. The molecule has 0 radical (unpaired) electrons. The second-order valence-electron chi connectivity index (χ2n) is 5.82. The van der Waals surface area contributed by atoms with Crippen LogP contribution in [0.3, 0.4) is 0 Å². The smallest absolute Gasteiger partial charge is 0.172 e. The number of Topliss-reactive ketones (excluding diaryl/α,β-unsaturated/α-hetero) is 1. The first-order valence-electron chi connectivity index (χ1n) is 8.09. The second-order valence-corrected chi connectivity index (χ2v) is 7.11. The van der Waals surface area contributed by atoms with Gasteiger partial charge < -0.3 is 4.74 Å². The molecule has 0 unspecified atom stereocenters. The van der Waals surface area contributed by atoms with E-state index in [9.17, 15) is 4.79 Å². The van der Waals surface area contributed by atoms with Gasteiger partial charge in [-0.05, 0) is 49.9 Å². The standard InChI is InChI=1S/C18H26O2S/c1-3-11-20-18-10-9-15(12-14(18)2)17(19)13-21-16-7-5-4-6-8-16/h9-10,12,16H,3-8,11,13H2,1-2H3. The minimum Gasteiger partial charge on any atom is -0.493 e. The Labute approximate surface area is 132 Å². The van der Waals surface area contributed by atoms with Crippen LogP contribution in [0.2, 0.25) is 0 Å². The highest BCUT2D eigenvalue weighted by Gasteiger charge is 2.16. The quantitative estimate of drug-likeness (QED) is 0.661. The van der Waals surface area contributed by atoms with Gasteiger partial charge >= 0.3 is 0 Å². The van der Waals surface area contributed by atoms with Gasteiger partial charge in [0.25, 0.3) is 0 Å². The number of ether oxygens (including phenoxy) is 1. The van der Waals surface area contributed by atoms with Crippen molar-refractivity contribution < 1.29 is 9.53 Å². The number of ketones is 1. The molecule has 0 bridgehead atoms. The fraction of sp³-hybridized carbons (Fsp3) is 0.611. The largest absolute Gasteiger partial charge is 0.493 e. The Balaban J connectivity index is 1.88. The Morgan fingerprint density at radius 3 is 2.71 bits per heavy atom. The summed E-state index contributed by atoms with van der Waals surface area (Å²) in [6.45, 7) is 4.83. The summed E-state index contributed by atoms with van der Waals surface area (Å²) in [4.78, 5) is 12.3. The number of thioether (sulfide) groups is 1. The van der Waals surface area contributed by atoms with E-state index in [1.807, 2.05) is 36.9 Å². The fourth-order valence-electron chi connectivity index (χ4n) is 2.71. The molecule has 2 rings (SSSR count). The molecule has 1 aromatic carbocycles. The number of rotatable bonds is 7. The van der Waals surface area contributed by atoms with Crippen molar-refractivity contribution in [2.45, 2.75) is 57.6 Å². The molecule has 0 spiro atoms. The molecule has 2 nitrogen and oxygen atoms in total. The molecule has 0 saturated heterocycles. The maximum atomic E-state index is 12.3.